The summed E-state index contributed by atoms with van der Waals surface area (Å²) in [6, 6.07) is 5.51. The molecule has 3 aromatic rings. The third-order valence-electron chi connectivity index (χ3n) is 5.56. The van der Waals surface area contributed by atoms with Gasteiger partial charge in [-0.15, -0.1) is 0 Å². The molecule has 0 aliphatic carbocycles. The summed E-state index contributed by atoms with van der Waals surface area (Å²) in [5.74, 6) is 0.982. The maximum absolute atomic E-state index is 12.9. The summed E-state index contributed by atoms with van der Waals surface area (Å²) in [4.78, 5) is 12.9. The fraction of sp³-hybridized carbons (Fsp3) is 0.400. The number of aryl methyl sites for hydroxylation is 2. The van der Waals surface area contributed by atoms with Crippen LogP contribution in [0.4, 0.5) is 19.0 Å². The fourth-order valence-corrected chi connectivity index (χ4v) is 3.98. The first-order valence-corrected chi connectivity index (χ1v) is 9.30. The van der Waals surface area contributed by atoms with E-state index >= 15 is 0 Å². The molecule has 1 aliphatic heterocycles. The van der Waals surface area contributed by atoms with Crippen molar-refractivity contribution in [1.82, 2.24) is 9.97 Å². The first-order chi connectivity index (χ1) is 13.3. The molecular formula is C20H23F3N5+. The Morgan fingerprint density at radius 2 is 2.18 bits per heavy atom. The number of aromatic amines is 2. The van der Waals surface area contributed by atoms with E-state index in [2.05, 4.69) is 19.9 Å². The molecule has 1 aliphatic rings. The maximum Gasteiger partial charge on any atom is 0.416 e. The van der Waals surface area contributed by atoms with E-state index in [-0.39, 0.29) is 0 Å². The molecule has 0 spiro atoms. The van der Waals surface area contributed by atoms with E-state index in [0.717, 1.165) is 41.4 Å². The van der Waals surface area contributed by atoms with Crippen molar-refractivity contribution in [1.29, 1.82) is 0 Å². The second kappa shape index (κ2) is 6.77. The molecule has 1 aromatic carbocycles. The summed E-state index contributed by atoms with van der Waals surface area (Å²) in [6.07, 6.45) is 1.20. The fourth-order valence-electron chi connectivity index (χ4n) is 3.98. The number of nitrogens with zero attached hydrogens (tertiary/aromatic N) is 2. The van der Waals surface area contributed by atoms with E-state index in [1.165, 1.54) is 12.1 Å². The molecule has 1 fully saturated rings. The first kappa shape index (κ1) is 18.7. The number of fused-ring (bicyclic) bond motifs is 1. The van der Waals surface area contributed by atoms with Crippen molar-refractivity contribution in [3.8, 4) is 0 Å². The predicted molar refractivity (Wildman–Crippen MR) is 101 cm³/mol. The van der Waals surface area contributed by atoms with Gasteiger partial charge in [-0.1, -0.05) is 23.2 Å². The second-order valence-electron chi connectivity index (χ2n) is 7.68. The van der Waals surface area contributed by atoms with Gasteiger partial charge in [-0.05, 0) is 43.4 Å². The molecule has 1 unspecified atom stereocenters. The minimum absolute atomic E-state index is 0.443. The molecule has 5 nitrogen and oxygen atoms in total. The zero-order chi connectivity index (χ0) is 19.9. The van der Waals surface area contributed by atoms with Crippen molar-refractivity contribution in [2.24, 2.45) is 5.73 Å². The summed E-state index contributed by atoms with van der Waals surface area (Å²) in [6.45, 7) is 3.46. The minimum Gasteiger partial charge on any atom is -0.332 e. The van der Waals surface area contributed by atoms with E-state index in [1.54, 1.807) is 12.4 Å². The van der Waals surface area contributed by atoms with Gasteiger partial charge in [0.2, 0.25) is 17.8 Å². The molecule has 4 N–H and O–H groups in total. The Bertz CT molecular complexity index is 997. The van der Waals surface area contributed by atoms with Crippen molar-refractivity contribution in [3.63, 3.8) is 0 Å². The third-order valence-corrected chi connectivity index (χ3v) is 5.56. The molecule has 0 amide bonds. The van der Waals surface area contributed by atoms with E-state index in [1.807, 2.05) is 13.1 Å². The van der Waals surface area contributed by atoms with Crippen LogP contribution in [0.15, 0.2) is 36.8 Å². The Morgan fingerprint density at radius 3 is 2.96 bits per heavy atom. The third kappa shape index (κ3) is 3.56. The molecule has 1 saturated heterocycles. The molecule has 0 bridgehead atoms. The van der Waals surface area contributed by atoms with Crippen LogP contribution in [0, 0.1) is 6.92 Å². The lowest BCUT2D eigenvalue weighted by Crippen LogP contribution is -2.43. The van der Waals surface area contributed by atoms with Crippen LogP contribution in [0.1, 0.15) is 29.5 Å². The summed E-state index contributed by atoms with van der Waals surface area (Å²) >= 11 is 0. The molecule has 0 saturated carbocycles. The van der Waals surface area contributed by atoms with Gasteiger partial charge in [-0.25, -0.2) is 4.98 Å². The lowest BCUT2D eigenvalue weighted by atomic mass is 9.91. The topological polar surface area (TPSA) is 72.1 Å². The summed E-state index contributed by atoms with van der Waals surface area (Å²) in [7, 11) is 0. The number of nitrogens with two attached hydrogens (primary N) is 1. The number of rotatable bonds is 4. The Balaban J connectivity index is 1.48. The Kier molecular flexibility index (Phi) is 4.53. The highest BCUT2D eigenvalue weighted by molar-refractivity contribution is 5.89. The lowest BCUT2D eigenvalue weighted by molar-refractivity contribution is -0.366. The van der Waals surface area contributed by atoms with Gasteiger partial charge in [-0.3, -0.25) is 4.90 Å². The number of anilines is 1. The predicted octanol–water partition coefficient (Wildman–Crippen LogP) is 3.24. The number of halogens is 3. The number of H-pyrrole nitrogens is 2. The highest BCUT2D eigenvalue weighted by atomic mass is 19.4. The monoisotopic (exact) mass is 390 g/mol. The van der Waals surface area contributed by atoms with Gasteiger partial charge in [0.05, 0.1) is 18.7 Å². The number of hydrogen-bond donors (Lipinski definition) is 2. The van der Waals surface area contributed by atoms with Gasteiger partial charge in [0.1, 0.15) is 5.39 Å². The van der Waals surface area contributed by atoms with Gasteiger partial charge in [0.15, 0.2) is 0 Å². The van der Waals surface area contributed by atoms with E-state index in [4.69, 9.17) is 5.73 Å². The molecule has 148 valence electrons. The van der Waals surface area contributed by atoms with Crippen LogP contribution in [0.25, 0.3) is 11.0 Å². The Hall–Kier alpha value is -2.61. The Morgan fingerprint density at radius 1 is 1.36 bits per heavy atom. The largest absolute Gasteiger partial charge is 0.416 e. The zero-order valence-electron chi connectivity index (χ0n) is 15.6. The van der Waals surface area contributed by atoms with Crippen LogP contribution in [-0.4, -0.2) is 28.6 Å². The van der Waals surface area contributed by atoms with Crippen molar-refractivity contribution in [3.05, 3.63) is 53.5 Å². The zero-order valence-corrected chi connectivity index (χ0v) is 15.6. The van der Waals surface area contributed by atoms with Crippen LogP contribution < -0.4 is 15.6 Å². The van der Waals surface area contributed by atoms with Gasteiger partial charge in [0, 0.05) is 11.7 Å². The number of nitrogens with one attached hydrogen (secondary N) is 2. The first-order valence-electron chi connectivity index (χ1n) is 9.30. The standard InChI is InChI=1S/C20H22F3N5/c1-13-10-25-17-16(13)18(27-12-26-17)28-8-7-19(24,11-28)6-5-14-3-2-4-15(9-14)20(21,22)23/h2-4,9-10,12H,5-8,11,24H2,1H3,(H,25,26,27)/p+1. The molecular weight excluding hydrogens is 367 g/mol. The number of alkyl halides is 3. The van der Waals surface area contributed by atoms with Crippen molar-refractivity contribution in [2.45, 2.75) is 37.9 Å². The minimum atomic E-state index is -4.32. The van der Waals surface area contributed by atoms with Crippen molar-refractivity contribution >= 4 is 16.9 Å². The van der Waals surface area contributed by atoms with E-state index in [0.29, 0.717) is 24.9 Å². The summed E-state index contributed by atoms with van der Waals surface area (Å²) in [5.41, 5.74) is 8.15. The molecule has 3 heterocycles. The molecule has 28 heavy (non-hydrogen) atoms. The average Bonchev–Trinajstić information content (AvgIpc) is 3.24. The summed E-state index contributed by atoms with van der Waals surface area (Å²) in [5, 5.41) is 1.05. The molecule has 8 heteroatoms. The van der Waals surface area contributed by atoms with Crippen molar-refractivity contribution in [2.75, 3.05) is 18.0 Å². The smallest absolute Gasteiger partial charge is 0.332 e. The van der Waals surface area contributed by atoms with Gasteiger partial charge < -0.3 is 10.7 Å². The average molecular weight is 390 g/mol. The van der Waals surface area contributed by atoms with E-state index in [9.17, 15) is 13.2 Å². The van der Waals surface area contributed by atoms with Gasteiger partial charge in [0.25, 0.3) is 0 Å². The second-order valence-corrected chi connectivity index (χ2v) is 7.68. The lowest BCUT2D eigenvalue weighted by Gasteiger charge is -2.23. The SMILES string of the molecule is Cc1c[nH]c2nc[nH+]c(N3CCC(N)(CCc4cccc(C(F)(F)F)c4)C3)c12. The highest BCUT2D eigenvalue weighted by Gasteiger charge is 2.39. The number of hydrogen-bond acceptors (Lipinski definition) is 3. The van der Waals surface area contributed by atoms with Crippen LogP contribution in [0.3, 0.4) is 0 Å². The number of aromatic nitrogens is 3. The van der Waals surface area contributed by atoms with Crippen LogP contribution >= 0.6 is 0 Å². The normalized spacial score (nSPS) is 20.2. The number of benzene rings is 1. The van der Waals surface area contributed by atoms with Crippen LogP contribution in [0.5, 0.6) is 0 Å². The molecule has 1 atom stereocenters. The Labute approximate surface area is 160 Å². The van der Waals surface area contributed by atoms with Crippen molar-refractivity contribution < 1.29 is 18.2 Å². The van der Waals surface area contributed by atoms with Crippen LogP contribution in [0.2, 0.25) is 0 Å². The molecule has 2 aromatic heterocycles. The molecule has 0 radical (unpaired) electrons. The highest BCUT2D eigenvalue weighted by Crippen LogP contribution is 2.32. The maximum atomic E-state index is 12.9. The van der Waals surface area contributed by atoms with E-state index < -0.39 is 17.3 Å². The molecule has 4 rings (SSSR count). The summed E-state index contributed by atoms with van der Waals surface area (Å²) < 4.78 is 38.7. The quantitative estimate of drug-likeness (QED) is 0.718. The van der Waals surface area contributed by atoms with Gasteiger partial charge >= 0.3 is 6.18 Å². The van der Waals surface area contributed by atoms with Crippen LogP contribution in [-0.2, 0) is 12.6 Å². The van der Waals surface area contributed by atoms with Gasteiger partial charge in [-0.2, -0.15) is 13.2 Å².